The molecule has 0 bridgehead atoms. The maximum atomic E-state index is 7.00. The molecule has 1 nitrogen and oxygen atoms in total. The van der Waals surface area contributed by atoms with Gasteiger partial charge in [-0.3, -0.25) is 0 Å². The van der Waals surface area contributed by atoms with Gasteiger partial charge in [-0.25, -0.2) is 0 Å². The van der Waals surface area contributed by atoms with Crippen molar-refractivity contribution in [2.24, 2.45) is 0 Å². The normalized spacial score (nSPS) is 8.71. The van der Waals surface area contributed by atoms with Crippen LogP contribution in [-0.2, 0) is 0 Å². The number of aliphatic hydroxyl groups excluding tert-OH is 1. The lowest BCUT2D eigenvalue weighted by Gasteiger charge is -1.92. The zero-order valence-corrected chi connectivity index (χ0v) is 11.2. The van der Waals surface area contributed by atoms with E-state index in [0.717, 1.165) is 7.11 Å². The second-order valence-corrected chi connectivity index (χ2v) is 3.70. The highest BCUT2D eigenvalue weighted by molar-refractivity contribution is 5.81. The highest BCUT2D eigenvalue weighted by atomic mass is 16.2. The van der Waals surface area contributed by atoms with Crippen LogP contribution in [0.25, 0.3) is 10.8 Å². The van der Waals surface area contributed by atoms with Gasteiger partial charge in [0.1, 0.15) is 0 Å². The van der Waals surface area contributed by atoms with Crippen LogP contribution in [0.1, 0.15) is 33.1 Å². The van der Waals surface area contributed by atoms with E-state index in [1.54, 1.807) is 0 Å². The summed E-state index contributed by atoms with van der Waals surface area (Å²) in [5.74, 6) is 0. The van der Waals surface area contributed by atoms with Crippen LogP contribution in [0.2, 0.25) is 0 Å². The number of hydrogen-bond acceptors (Lipinski definition) is 1. The lowest BCUT2D eigenvalue weighted by Crippen LogP contribution is -1.67. The summed E-state index contributed by atoms with van der Waals surface area (Å²) >= 11 is 0. The standard InChI is InChI=1S/C10H8.C5H12.CH4O/c1-2-6-10-8-4-3-7-9(10)5-1;1-3-5-4-2;1-2/h1-8H;3-5H2,1-2H3;2H,1H3. The summed E-state index contributed by atoms with van der Waals surface area (Å²) in [6, 6.07) is 16.7. The summed E-state index contributed by atoms with van der Waals surface area (Å²) in [6.45, 7) is 4.42. The molecule has 2 rings (SSSR count). The van der Waals surface area contributed by atoms with E-state index in [4.69, 9.17) is 5.11 Å². The van der Waals surface area contributed by atoms with Gasteiger partial charge in [-0.15, -0.1) is 0 Å². The van der Waals surface area contributed by atoms with E-state index >= 15 is 0 Å². The molecule has 0 unspecified atom stereocenters. The number of hydrogen-bond donors (Lipinski definition) is 1. The molecular weight excluding hydrogens is 208 g/mol. The van der Waals surface area contributed by atoms with E-state index in [2.05, 4.69) is 62.4 Å². The van der Waals surface area contributed by atoms with Crippen LogP contribution in [0.15, 0.2) is 48.5 Å². The fraction of sp³-hybridized carbons (Fsp3) is 0.375. The Hall–Kier alpha value is -1.34. The average molecular weight is 232 g/mol. The smallest absolute Gasteiger partial charge is 0.0319 e. The van der Waals surface area contributed by atoms with E-state index in [9.17, 15) is 0 Å². The SMILES string of the molecule is CCCCC.CO.c1ccc2ccccc2c1. The maximum absolute atomic E-state index is 7.00. The van der Waals surface area contributed by atoms with Gasteiger partial charge in [-0.1, -0.05) is 81.6 Å². The van der Waals surface area contributed by atoms with Crippen LogP contribution in [0.3, 0.4) is 0 Å². The minimum absolute atomic E-state index is 1.00. The Kier molecular flexibility index (Phi) is 10.3. The van der Waals surface area contributed by atoms with Gasteiger partial charge in [0.15, 0.2) is 0 Å². The first-order chi connectivity index (χ1) is 8.38. The number of fused-ring (bicyclic) bond motifs is 1. The zero-order valence-electron chi connectivity index (χ0n) is 11.2. The van der Waals surface area contributed by atoms with Gasteiger partial charge in [0.2, 0.25) is 0 Å². The van der Waals surface area contributed by atoms with Crippen molar-refractivity contribution in [3.8, 4) is 0 Å². The van der Waals surface area contributed by atoms with Gasteiger partial charge in [-0.05, 0) is 10.8 Å². The molecule has 0 spiro atoms. The summed E-state index contributed by atoms with van der Waals surface area (Å²) in [4.78, 5) is 0. The molecule has 0 aliphatic heterocycles. The minimum Gasteiger partial charge on any atom is -0.400 e. The lowest BCUT2D eigenvalue weighted by atomic mass is 10.1. The van der Waals surface area contributed by atoms with Crippen molar-refractivity contribution in [1.82, 2.24) is 0 Å². The summed E-state index contributed by atoms with van der Waals surface area (Å²) in [6.07, 6.45) is 4.08. The first kappa shape index (κ1) is 15.7. The Balaban J connectivity index is 0.000000315. The quantitative estimate of drug-likeness (QED) is 0.799. The van der Waals surface area contributed by atoms with E-state index < -0.39 is 0 Å². The van der Waals surface area contributed by atoms with Crippen LogP contribution >= 0.6 is 0 Å². The number of aliphatic hydroxyl groups is 1. The van der Waals surface area contributed by atoms with Crippen LogP contribution in [0.5, 0.6) is 0 Å². The topological polar surface area (TPSA) is 20.2 Å². The summed E-state index contributed by atoms with van der Waals surface area (Å²) in [7, 11) is 1.00. The summed E-state index contributed by atoms with van der Waals surface area (Å²) in [5, 5.41) is 9.62. The first-order valence-corrected chi connectivity index (χ1v) is 6.27. The predicted octanol–water partition coefficient (Wildman–Crippen LogP) is 4.64. The molecule has 1 heteroatoms. The molecule has 0 radical (unpaired) electrons. The van der Waals surface area contributed by atoms with Gasteiger partial charge in [0, 0.05) is 7.11 Å². The Bertz CT molecular complexity index is 314. The number of rotatable bonds is 2. The molecular formula is C16H24O. The zero-order chi connectivity index (χ0) is 12.9. The molecule has 0 saturated carbocycles. The lowest BCUT2D eigenvalue weighted by molar-refractivity contribution is 0.399. The van der Waals surface area contributed by atoms with Crippen molar-refractivity contribution < 1.29 is 5.11 Å². The first-order valence-electron chi connectivity index (χ1n) is 6.27. The van der Waals surface area contributed by atoms with Crippen LogP contribution in [0, 0.1) is 0 Å². The molecule has 0 amide bonds. The van der Waals surface area contributed by atoms with E-state index in [0.29, 0.717) is 0 Å². The van der Waals surface area contributed by atoms with Crippen molar-refractivity contribution in [3.63, 3.8) is 0 Å². The third-order valence-electron chi connectivity index (χ3n) is 2.37. The molecule has 0 saturated heterocycles. The van der Waals surface area contributed by atoms with Crippen molar-refractivity contribution in [2.75, 3.05) is 7.11 Å². The Morgan fingerprint density at radius 3 is 1.18 bits per heavy atom. The molecule has 0 fully saturated rings. The van der Waals surface area contributed by atoms with Gasteiger partial charge >= 0.3 is 0 Å². The molecule has 0 aromatic heterocycles. The monoisotopic (exact) mass is 232 g/mol. The highest BCUT2D eigenvalue weighted by Crippen LogP contribution is 2.11. The Morgan fingerprint density at radius 1 is 0.706 bits per heavy atom. The molecule has 0 aliphatic rings. The predicted molar refractivity (Wildman–Crippen MR) is 77.3 cm³/mol. The van der Waals surface area contributed by atoms with Crippen molar-refractivity contribution in [2.45, 2.75) is 33.1 Å². The van der Waals surface area contributed by atoms with E-state index in [1.807, 2.05) is 0 Å². The molecule has 2 aromatic rings. The molecule has 1 N–H and O–H groups in total. The van der Waals surface area contributed by atoms with E-state index in [1.165, 1.54) is 30.0 Å². The number of benzene rings is 2. The fourth-order valence-electron chi connectivity index (χ4n) is 1.49. The molecule has 0 aliphatic carbocycles. The van der Waals surface area contributed by atoms with Crippen LogP contribution in [-0.4, -0.2) is 12.2 Å². The van der Waals surface area contributed by atoms with Crippen LogP contribution < -0.4 is 0 Å². The van der Waals surface area contributed by atoms with Crippen molar-refractivity contribution in [3.05, 3.63) is 48.5 Å². The van der Waals surface area contributed by atoms with Gasteiger partial charge in [0.25, 0.3) is 0 Å². The third kappa shape index (κ3) is 6.75. The van der Waals surface area contributed by atoms with Crippen molar-refractivity contribution >= 4 is 10.8 Å². The average Bonchev–Trinajstić information content (AvgIpc) is 2.43. The van der Waals surface area contributed by atoms with Crippen LogP contribution in [0.4, 0.5) is 0 Å². The molecule has 0 atom stereocenters. The Labute approximate surface area is 105 Å². The largest absolute Gasteiger partial charge is 0.400 e. The second-order valence-electron chi connectivity index (χ2n) is 3.70. The maximum Gasteiger partial charge on any atom is 0.0319 e. The van der Waals surface area contributed by atoms with Gasteiger partial charge in [0.05, 0.1) is 0 Å². The number of unbranched alkanes of at least 4 members (excludes halogenated alkanes) is 2. The minimum atomic E-state index is 1.00. The highest BCUT2D eigenvalue weighted by Gasteiger charge is 1.85. The Morgan fingerprint density at radius 2 is 1.00 bits per heavy atom. The molecule has 2 aromatic carbocycles. The van der Waals surface area contributed by atoms with Crippen molar-refractivity contribution in [1.29, 1.82) is 0 Å². The third-order valence-corrected chi connectivity index (χ3v) is 2.37. The van der Waals surface area contributed by atoms with Gasteiger partial charge < -0.3 is 5.11 Å². The van der Waals surface area contributed by atoms with E-state index in [-0.39, 0.29) is 0 Å². The fourth-order valence-corrected chi connectivity index (χ4v) is 1.49. The van der Waals surface area contributed by atoms with Gasteiger partial charge in [-0.2, -0.15) is 0 Å². The molecule has 0 heterocycles. The molecule has 94 valence electrons. The molecule has 17 heavy (non-hydrogen) atoms. The summed E-state index contributed by atoms with van der Waals surface area (Å²) in [5.41, 5.74) is 0. The second kappa shape index (κ2) is 11.2. The summed E-state index contributed by atoms with van der Waals surface area (Å²) < 4.78 is 0.